The second-order valence-electron chi connectivity index (χ2n) is 4.33. The van der Waals surface area contributed by atoms with Gasteiger partial charge in [-0.05, 0) is 37.6 Å². The van der Waals surface area contributed by atoms with Crippen LogP contribution in [0.3, 0.4) is 0 Å². The average Bonchev–Trinajstić information content (AvgIpc) is 2.83. The minimum Gasteiger partial charge on any atom is -0.325 e. The molecule has 1 unspecified atom stereocenters. The molecule has 1 aliphatic heterocycles. The molecular formula is C12H13BrClF3N2O. The van der Waals surface area contributed by atoms with E-state index in [1.165, 1.54) is 12.1 Å². The van der Waals surface area contributed by atoms with Crippen LogP contribution in [0.1, 0.15) is 18.4 Å². The highest BCUT2D eigenvalue weighted by atomic mass is 79.9. The van der Waals surface area contributed by atoms with E-state index in [1.54, 1.807) is 0 Å². The van der Waals surface area contributed by atoms with Crippen molar-refractivity contribution in [1.29, 1.82) is 0 Å². The van der Waals surface area contributed by atoms with Crippen LogP contribution < -0.4 is 10.6 Å². The molecular weight excluding hydrogens is 360 g/mol. The van der Waals surface area contributed by atoms with Gasteiger partial charge in [0.15, 0.2) is 0 Å². The number of halogens is 5. The van der Waals surface area contributed by atoms with E-state index in [0.29, 0.717) is 6.42 Å². The molecule has 1 fully saturated rings. The number of anilines is 1. The van der Waals surface area contributed by atoms with Crippen molar-refractivity contribution in [1.82, 2.24) is 5.32 Å². The largest absolute Gasteiger partial charge is 0.417 e. The SMILES string of the molecule is Cl.O=C(Nc1ccc(Br)c(C(F)(F)F)c1)C1CCCN1. The third-order valence-corrected chi connectivity index (χ3v) is 3.61. The first-order valence-electron chi connectivity index (χ1n) is 5.79. The van der Waals surface area contributed by atoms with E-state index in [-0.39, 0.29) is 34.5 Å². The number of nitrogens with one attached hydrogen (secondary N) is 2. The fourth-order valence-electron chi connectivity index (χ4n) is 1.96. The lowest BCUT2D eigenvalue weighted by atomic mass is 10.1. The van der Waals surface area contributed by atoms with Crippen molar-refractivity contribution in [3.63, 3.8) is 0 Å². The summed E-state index contributed by atoms with van der Waals surface area (Å²) in [5.74, 6) is -0.298. The molecule has 1 amide bonds. The maximum absolute atomic E-state index is 12.7. The molecule has 1 heterocycles. The van der Waals surface area contributed by atoms with Crippen molar-refractivity contribution in [3.8, 4) is 0 Å². The van der Waals surface area contributed by atoms with Crippen molar-refractivity contribution in [2.24, 2.45) is 0 Å². The second-order valence-corrected chi connectivity index (χ2v) is 5.18. The smallest absolute Gasteiger partial charge is 0.325 e. The van der Waals surface area contributed by atoms with Gasteiger partial charge in [-0.2, -0.15) is 13.2 Å². The molecule has 1 atom stereocenters. The zero-order valence-electron chi connectivity index (χ0n) is 10.3. The van der Waals surface area contributed by atoms with Crippen LogP contribution >= 0.6 is 28.3 Å². The number of hydrogen-bond donors (Lipinski definition) is 2. The maximum atomic E-state index is 12.7. The Kier molecular flexibility index (Phi) is 5.85. The third-order valence-electron chi connectivity index (χ3n) is 2.92. The Bertz CT molecular complexity index is 490. The minimum absolute atomic E-state index is 0. The monoisotopic (exact) mass is 372 g/mol. The molecule has 8 heteroatoms. The van der Waals surface area contributed by atoms with E-state index >= 15 is 0 Å². The van der Waals surface area contributed by atoms with Gasteiger partial charge in [0.2, 0.25) is 5.91 Å². The Balaban J connectivity index is 0.00000200. The number of rotatable bonds is 2. The van der Waals surface area contributed by atoms with Crippen LogP contribution in [0.2, 0.25) is 0 Å². The first-order valence-corrected chi connectivity index (χ1v) is 6.58. The summed E-state index contributed by atoms with van der Waals surface area (Å²) in [6.07, 6.45) is -2.86. The van der Waals surface area contributed by atoms with E-state index in [4.69, 9.17) is 0 Å². The molecule has 20 heavy (non-hydrogen) atoms. The zero-order chi connectivity index (χ0) is 14.0. The Labute approximate surface area is 128 Å². The van der Waals surface area contributed by atoms with Crippen molar-refractivity contribution < 1.29 is 18.0 Å². The molecule has 1 aromatic carbocycles. The predicted octanol–water partition coefficient (Wildman–Crippen LogP) is 3.58. The molecule has 0 aromatic heterocycles. The van der Waals surface area contributed by atoms with Crippen molar-refractivity contribution in [3.05, 3.63) is 28.2 Å². The highest BCUT2D eigenvalue weighted by molar-refractivity contribution is 9.10. The Hall–Kier alpha value is -0.790. The van der Waals surface area contributed by atoms with Crippen LogP contribution in [0.25, 0.3) is 0 Å². The molecule has 0 bridgehead atoms. The summed E-state index contributed by atoms with van der Waals surface area (Å²) in [4.78, 5) is 11.8. The van der Waals surface area contributed by atoms with Crippen LogP contribution in [0.4, 0.5) is 18.9 Å². The third kappa shape index (κ3) is 4.10. The van der Waals surface area contributed by atoms with Crippen molar-refractivity contribution >= 4 is 39.9 Å². The summed E-state index contributed by atoms with van der Waals surface area (Å²) in [6.45, 7) is 0.756. The second kappa shape index (κ2) is 6.78. The number of benzene rings is 1. The van der Waals surface area contributed by atoms with Crippen LogP contribution in [0.15, 0.2) is 22.7 Å². The van der Waals surface area contributed by atoms with Gasteiger partial charge in [-0.1, -0.05) is 15.9 Å². The normalized spacial score (nSPS) is 18.5. The predicted molar refractivity (Wildman–Crippen MR) is 76.0 cm³/mol. The Morgan fingerprint density at radius 1 is 1.40 bits per heavy atom. The first kappa shape index (κ1) is 17.3. The number of carbonyl (C=O) groups excluding carboxylic acids is 1. The van der Waals surface area contributed by atoms with Crippen LogP contribution in [-0.2, 0) is 11.0 Å². The minimum atomic E-state index is -4.45. The summed E-state index contributed by atoms with van der Waals surface area (Å²) in [5.41, 5.74) is -0.654. The van der Waals surface area contributed by atoms with Gasteiger partial charge < -0.3 is 10.6 Å². The summed E-state index contributed by atoms with van der Waals surface area (Å²) < 4.78 is 38.1. The Morgan fingerprint density at radius 2 is 2.10 bits per heavy atom. The van der Waals surface area contributed by atoms with Gasteiger partial charge in [-0.25, -0.2) is 0 Å². The molecule has 0 saturated carbocycles. The highest BCUT2D eigenvalue weighted by Crippen LogP contribution is 2.36. The number of carbonyl (C=O) groups is 1. The van der Waals surface area contributed by atoms with Gasteiger partial charge in [0, 0.05) is 10.2 Å². The zero-order valence-corrected chi connectivity index (χ0v) is 12.7. The van der Waals surface area contributed by atoms with Gasteiger partial charge in [0.25, 0.3) is 0 Å². The summed E-state index contributed by atoms with van der Waals surface area (Å²) in [5, 5.41) is 5.49. The molecule has 1 saturated heterocycles. The summed E-state index contributed by atoms with van der Waals surface area (Å²) in [6, 6.07) is 3.32. The van der Waals surface area contributed by atoms with E-state index in [0.717, 1.165) is 19.0 Å². The first-order chi connectivity index (χ1) is 8.88. The molecule has 2 N–H and O–H groups in total. The molecule has 1 aromatic rings. The summed E-state index contributed by atoms with van der Waals surface area (Å²) in [7, 11) is 0. The maximum Gasteiger partial charge on any atom is 0.417 e. The van der Waals surface area contributed by atoms with Crippen molar-refractivity contribution in [2.45, 2.75) is 25.1 Å². The molecule has 1 aliphatic rings. The topological polar surface area (TPSA) is 41.1 Å². The molecule has 2 rings (SSSR count). The van der Waals surface area contributed by atoms with E-state index in [1.807, 2.05) is 0 Å². The highest BCUT2D eigenvalue weighted by Gasteiger charge is 2.33. The van der Waals surface area contributed by atoms with Gasteiger partial charge in [0.1, 0.15) is 0 Å². The number of alkyl halides is 3. The van der Waals surface area contributed by atoms with Gasteiger partial charge in [-0.15, -0.1) is 12.4 Å². The van der Waals surface area contributed by atoms with Gasteiger partial charge in [0.05, 0.1) is 11.6 Å². The van der Waals surface area contributed by atoms with Gasteiger partial charge >= 0.3 is 6.18 Å². The molecule has 0 radical (unpaired) electrons. The molecule has 3 nitrogen and oxygen atoms in total. The lowest BCUT2D eigenvalue weighted by Gasteiger charge is -2.14. The van der Waals surface area contributed by atoms with E-state index in [2.05, 4.69) is 26.6 Å². The lowest BCUT2D eigenvalue weighted by Crippen LogP contribution is -2.35. The molecule has 112 valence electrons. The van der Waals surface area contributed by atoms with E-state index in [9.17, 15) is 18.0 Å². The van der Waals surface area contributed by atoms with E-state index < -0.39 is 11.7 Å². The van der Waals surface area contributed by atoms with Crippen molar-refractivity contribution in [2.75, 3.05) is 11.9 Å². The number of hydrogen-bond acceptors (Lipinski definition) is 2. The van der Waals surface area contributed by atoms with Gasteiger partial charge in [-0.3, -0.25) is 4.79 Å². The Morgan fingerprint density at radius 3 is 2.65 bits per heavy atom. The summed E-state index contributed by atoms with van der Waals surface area (Å²) >= 11 is 2.85. The fraction of sp³-hybridized carbons (Fsp3) is 0.417. The van der Waals surface area contributed by atoms with Crippen LogP contribution in [0.5, 0.6) is 0 Å². The van der Waals surface area contributed by atoms with Crippen LogP contribution in [0, 0.1) is 0 Å². The van der Waals surface area contributed by atoms with Crippen LogP contribution in [-0.4, -0.2) is 18.5 Å². The molecule has 0 aliphatic carbocycles. The lowest BCUT2D eigenvalue weighted by molar-refractivity contribution is -0.138. The number of amides is 1. The standard InChI is InChI=1S/C12H12BrF3N2O.ClH/c13-9-4-3-7(6-8(9)12(14,15)16)18-11(19)10-2-1-5-17-10;/h3-4,6,10,17H,1-2,5H2,(H,18,19);1H. The molecule has 0 spiro atoms. The fourth-order valence-corrected chi connectivity index (χ4v) is 2.43. The average molecular weight is 374 g/mol. The quantitative estimate of drug-likeness (QED) is 0.832.